The van der Waals surface area contributed by atoms with Crippen LogP contribution in [0.2, 0.25) is 0 Å². The lowest BCUT2D eigenvalue weighted by molar-refractivity contribution is 0.102. The van der Waals surface area contributed by atoms with Crippen LogP contribution in [0.4, 0.5) is 10.1 Å². The lowest BCUT2D eigenvalue weighted by atomic mass is 10.1. The van der Waals surface area contributed by atoms with Gasteiger partial charge in [-0.25, -0.2) is 4.39 Å². The third kappa shape index (κ3) is 3.03. The molecule has 0 aliphatic rings. The SMILES string of the molecule is C[S@@](=O)c1cccc(NC(=O)c2c(O)cccc2F)c1. The first-order valence-electron chi connectivity index (χ1n) is 5.71. The van der Waals surface area contributed by atoms with Gasteiger partial charge in [-0.3, -0.25) is 9.00 Å². The minimum Gasteiger partial charge on any atom is -0.507 e. The second kappa shape index (κ2) is 5.83. The normalized spacial score (nSPS) is 11.9. The summed E-state index contributed by atoms with van der Waals surface area (Å²) in [6, 6.07) is 10.0. The van der Waals surface area contributed by atoms with Gasteiger partial charge in [0.2, 0.25) is 0 Å². The number of rotatable bonds is 3. The molecule has 0 fully saturated rings. The number of nitrogens with one attached hydrogen (secondary N) is 1. The van der Waals surface area contributed by atoms with E-state index in [1.54, 1.807) is 18.2 Å². The molecule has 0 aliphatic carbocycles. The van der Waals surface area contributed by atoms with Crippen molar-refractivity contribution in [2.75, 3.05) is 11.6 Å². The number of carbonyl (C=O) groups is 1. The molecular formula is C14H12FNO3S. The number of carbonyl (C=O) groups excluding carboxylic acids is 1. The van der Waals surface area contributed by atoms with E-state index in [2.05, 4.69) is 5.32 Å². The van der Waals surface area contributed by atoms with Crippen molar-refractivity contribution < 1.29 is 18.5 Å². The molecule has 0 bridgehead atoms. The van der Waals surface area contributed by atoms with Crippen LogP contribution >= 0.6 is 0 Å². The van der Waals surface area contributed by atoms with Crippen LogP contribution < -0.4 is 5.32 Å². The summed E-state index contributed by atoms with van der Waals surface area (Å²) < 4.78 is 24.9. The first-order chi connectivity index (χ1) is 9.49. The standard InChI is InChI=1S/C14H12FNO3S/c1-20(19)10-5-2-4-9(8-10)16-14(18)13-11(15)6-3-7-12(13)17/h2-8,17H,1H3,(H,16,18)/t20-/m1/s1. The fraction of sp³-hybridized carbons (Fsp3) is 0.0714. The van der Waals surface area contributed by atoms with Crippen LogP contribution in [-0.2, 0) is 10.8 Å². The molecule has 0 saturated heterocycles. The first kappa shape index (κ1) is 14.2. The Morgan fingerprint density at radius 1 is 1.25 bits per heavy atom. The molecule has 6 heteroatoms. The maximum Gasteiger partial charge on any atom is 0.262 e. The Hall–Kier alpha value is -2.21. The number of hydrogen-bond acceptors (Lipinski definition) is 3. The van der Waals surface area contributed by atoms with E-state index in [1.165, 1.54) is 24.5 Å². The molecular weight excluding hydrogens is 281 g/mol. The highest BCUT2D eigenvalue weighted by Crippen LogP contribution is 2.22. The van der Waals surface area contributed by atoms with Gasteiger partial charge >= 0.3 is 0 Å². The van der Waals surface area contributed by atoms with Crippen LogP contribution in [0.3, 0.4) is 0 Å². The molecule has 0 aromatic heterocycles. The van der Waals surface area contributed by atoms with Gasteiger partial charge in [0.25, 0.3) is 5.91 Å². The average Bonchev–Trinajstić information content (AvgIpc) is 2.38. The second-order valence-corrected chi connectivity index (χ2v) is 5.45. The predicted octanol–water partition coefficient (Wildman–Crippen LogP) is 2.52. The largest absolute Gasteiger partial charge is 0.507 e. The quantitative estimate of drug-likeness (QED) is 0.914. The zero-order valence-electron chi connectivity index (χ0n) is 10.6. The summed E-state index contributed by atoms with van der Waals surface area (Å²) in [4.78, 5) is 12.5. The molecule has 2 N–H and O–H groups in total. The maximum absolute atomic E-state index is 13.5. The molecule has 0 heterocycles. The Morgan fingerprint density at radius 2 is 1.95 bits per heavy atom. The van der Waals surface area contributed by atoms with Crippen LogP contribution in [0, 0.1) is 5.82 Å². The van der Waals surface area contributed by atoms with Gasteiger partial charge in [-0.05, 0) is 30.3 Å². The molecule has 0 radical (unpaired) electrons. The predicted molar refractivity (Wildman–Crippen MR) is 74.8 cm³/mol. The molecule has 20 heavy (non-hydrogen) atoms. The summed E-state index contributed by atoms with van der Waals surface area (Å²) in [6.07, 6.45) is 1.52. The molecule has 4 nitrogen and oxygen atoms in total. The van der Waals surface area contributed by atoms with Crippen molar-refractivity contribution in [3.63, 3.8) is 0 Å². The maximum atomic E-state index is 13.5. The number of anilines is 1. The number of hydrogen-bond donors (Lipinski definition) is 2. The fourth-order valence-corrected chi connectivity index (χ4v) is 2.25. The molecule has 0 spiro atoms. The summed E-state index contributed by atoms with van der Waals surface area (Å²) in [6.45, 7) is 0. The van der Waals surface area contributed by atoms with Gasteiger partial charge in [0.1, 0.15) is 17.1 Å². The van der Waals surface area contributed by atoms with Crippen molar-refractivity contribution in [1.29, 1.82) is 0 Å². The van der Waals surface area contributed by atoms with Crippen molar-refractivity contribution in [2.24, 2.45) is 0 Å². The van der Waals surface area contributed by atoms with E-state index in [4.69, 9.17) is 0 Å². The summed E-state index contributed by atoms with van der Waals surface area (Å²) >= 11 is 0. The highest BCUT2D eigenvalue weighted by atomic mass is 32.2. The Kier molecular flexibility index (Phi) is 4.14. The topological polar surface area (TPSA) is 66.4 Å². The number of aromatic hydroxyl groups is 1. The lowest BCUT2D eigenvalue weighted by Crippen LogP contribution is -2.14. The molecule has 2 rings (SSSR count). The van der Waals surface area contributed by atoms with Gasteiger partial charge < -0.3 is 10.4 Å². The van der Waals surface area contributed by atoms with E-state index >= 15 is 0 Å². The summed E-state index contributed by atoms with van der Waals surface area (Å²) in [5.74, 6) is -2.00. The minimum atomic E-state index is -1.18. The summed E-state index contributed by atoms with van der Waals surface area (Å²) in [5.41, 5.74) is -0.0409. The Balaban J connectivity index is 2.28. The zero-order chi connectivity index (χ0) is 14.7. The van der Waals surface area contributed by atoms with E-state index in [0.717, 1.165) is 6.07 Å². The molecule has 1 amide bonds. The van der Waals surface area contributed by atoms with Crippen molar-refractivity contribution in [3.05, 3.63) is 53.8 Å². The average molecular weight is 293 g/mol. The second-order valence-electron chi connectivity index (χ2n) is 4.07. The number of halogens is 1. The van der Waals surface area contributed by atoms with Crippen LogP contribution in [-0.4, -0.2) is 21.5 Å². The monoisotopic (exact) mass is 293 g/mol. The van der Waals surface area contributed by atoms with Gasteiger partial charge in [-0.1, -0.05) is 12.1 Å². The highest BCUT2D eigenvalue weighted by molar-refractivity contribution is 7.84. The van der Waals surface area contributed by atoms with Crippen LogP contribution in [0.1, 0.15) is 10.4 Å². The molecule has 104 valence electrons. The van der Waals surface area contributed by atoms with Crippen molar-refractivity contribution in [3.8, 4) is 5.75 Å². The number of benzene rings is 2. The Morgan fingerprint density at radius 3 is 2.60 bits per heavy atom. The zero-order valence-corrected chi connectivity index (χ0v) is 11.4. The van der Waals surface area contributed by atoms with E-state index in [0.29, 0.717) is 10.6 Å². The number of phenolic OH excluding ortho intramolecular Hbond substituents is 1. The van der Waals surface area contributed by atoms with Gasteiger partial charge in [-0.2, -0.15) is 0 Å². The molecule has 2 aromatic carbocycles. The van der Waals surface area contributed by atoms with Crippen molar-refractivity contribution in [1.82, 2.24) is 0 Å². The van der Waals surface area contributed by atoms with E-state index in [1.807, 2.05) is 0 Å². The summed E-state index contributed by atoms with van der Waals surface area (Å²) in [5, 5.41) is 12.0. The third-order valence-corrected chi connectivity index (χ3v) is 3.56. The van der Waals surface area contributed by atoms with E-state index in [-0.39, 0.29) is 0 Å². The first-order valence-corrected chi connectivity index (χ1v) is 7.27. The number of amides is 1. The van der Waals surface area contributed by atoms with E-state index in [9.17, 15) is 18.5 Å². The molecule has 2 aromatic rings. The van der Waals surface area contributed by atoms with Gasteiger partial charge in [0.15, 0.2) is 0 Å². The highest BCUT2D eigenvalue weighted by Gasteiger charge is 2.16. The molecule has 0 aliphatic heterocycles. The van der Waals surface area contributed by atoms with Crippen molar-refractivity contribution in [2.45, 2.75) is 4.90 Å². The van der Waals surface area contributed by atoms with Gasteiger partial charge in [-0.15, -0.1) is 0 Å². The Bertz CT molecular complexity index is 668. The number of phenols is 1. The van der Waals surface area contributed by atoms with Gasteiger partial charge in [0.05, 0.1) is 0 Å². The third-order valence-electron chi connectivity index (χ3n) is 2.64. The Labute approximate surface area is 117 Å². The lowest BCUT2D eigenvalue weighted by Gasteiger charge is -2.08. The van der Waals surface area contributed by atoms with Crippen LogP contribution in [0.25, 0.3) is 0 Å². The fourth-order valence-electron chi connectivity index (χ4n) is 1.68. The van der Waals surface area contributed by atoms with Crippen LogP contribution in [0.15, 0.2) is 47.4 Å². The minimum absolute atomic E-state index is 0.380. The van der Waals surface area contributed by atoms with Gasteiger partial charge in [0, 0.05) is 27.6 Å². The molecule has 1 atom stereocenters. The van der Waals surface area contributed by atoms with Crippen molar-refractivity contribution >= 4 is 22.4 Å². The van der Waals surface area contributed by atoms with Crippen LogP contribution in [0.5, 0.6) is 5.75 Å². The summed E-state index contributed by atoms with van der Waals surface area (Å²) in [7, 11) is -1.18. The molecule has 0 saturated carbocycles. The van der Waals surface area contributed by atoms with E-state index < -0.39 is 33.8 Å². The smallest absolute Gasteiger partial charge is 0.262 e. The molecule has 0 unspecified atom stereocenters.